The molecule has 4 fully saturated rings. The van der Waals surface area contributed by atoms with E-state index in [1.807, 2.05) is 6.92 Å². The van der Waals surface area contributed by atoms with Gasteiger partial charge in [-0.3, -0.25) is 4.79 Å². The van der Waals surface area contributed by atoms with Crippen LogP contribution in [-0.2, 0) is 4.79 Å². The van der Waals surface area contributed by atoms with E-state index in [1.165, 1.54) is 32.1 Å². The van der Waals surface area contributed by atoms with E-state index >= 15 is 0 Å². The Labute approximate surface area is 159 Å². The molecule has 4 saturated carbocycles. The molecule has 0 radical (unpaired) electrons. The Morgan fingerprint density at radius 3 is 2.42 bits per heavy atom. The molecule has 0 unspecified atom stereocenters. The van der Waals surface area contributed by atoms with E-state index in [9.17, 15) is 9.90 Å². The van der Waals surface area contributed by atoms with Crippen molar-refractivity contribution in [2.45, 2.75) is 84.3 Å². The molecule has 0 aromatic rings. The highest BCUT2D eigenvalue weighted by molar-refractivity contribution is 5.79. The number of aliphatic hydroxyl groups excluding tert-OH is 1. The molecule has 0 amide bonds. The predicted octanol–water partition coefficient (Wildman–Crippen LogP) is 4.14. The van der Waals surface area contributed by atoms with Crippen LogP contribution in [0.5, 0.6) is 0 Å². The van der Waals surface area contributed by atoms with Gasteiger partial charge in [-0.25, -0.2) is 0 Å². The largest absolute Gasteiger partial charge is 0.393 e. The fourth-order valence-electron chi connectivity index (χ4n) is 8.53. The zero-order valence-corrected chi connectivity index (χ0v) is 17.5. The molecule has 4 aliphatic carbocycles. The number of hydrogen-bond donors (Lipinski definition) is 1. The quantitative estimate of drug-likeness (QED) is 0.804. The van der Waals surface area contributed by atoms with Crippen LogP contribution in [0.2, 0.25) is 0 Å². The molecule has 0 bridgehead atoms. The van der Waals surface area contributed by atoms with Crippen LogP contribution in [-0.4, -0.2) is 42.0 Å². The van der Waals surface area contributed by atoms with Crippen LogP contribution in [0.3, 0.4) is 0 Å². The molecule has 0 aliphatic heterocycles. The summed E-state index contributed by atoms with van der Waals surface area (Å²) in [4.78, 5) is 14.9. The summed E-state index contributed by atoms with van der Waals surface area (Å²) in [5, 5.41) is 10.3. The van der Waals surface area contributed by atoms with Crippen molar-refractivity contribution in [3.8, 4) is 0 Å². The maximum absolute atomic E-state index is 12.4. The lowest BCUT2D eigenvalue weighted by Crippen LogP contribution is -2.62. The molecule has 0 aromatic heterocycles. The third-order valence-corrected chi connectivity index (χ3v) is 9.72. The minimum absolute atomic E-state index is 0.0788. The summed E-state index contributed by atoms with van der Waals surface area (Å²) in [6.45, 7) is 6.83. The first-order valence-corrected chi connectivity index (χ1v) is 11.0. The summed E-state index contributed by atoms with van der Waals surface area (Å²) < 4.78 is 0. The molecule has 1 N–H and O–H groups in total. The van der Waals surface area contributed by atoms with Crippen molar-refractivity contribution in [2.75, 3.05) is 14.1 Å². The maximum atomic E-state index is 12.4. The molecule has 9 atom stereocenters. The van der Waals surface area contributed by atoms with Gasteiger partial charge in [0.15, 0.2) is 0 Å². The molecular formula is C23H39NO2. The van der Waals surface area contributed by atoms with Gasteiger partial charge in [-0.1, -0.05) is 13.8 Å². The lowest BCUT2D eigenvalue weighted by molar-refractivity contribution is -0.160. The number of aliphatic hydroxyl groups is 1. The minimum atomic E-state index is -0.0788. The SMILES string of the molecule is CC(=O)[C@H]1CC[C@H]2[C@@H]3CC[C@H]4C[C@H](O)CC[C@]4(C)[C@H]3[C@@H](N(C)C)C[C@]12C. The van der Waals surface area contributed by atoms with Crippen LogP contribution in [0.25, 0.3) is 0 Å². The fraction of sp³-hybridized carbons (Fsp3) is 0.957. The smallest absolute Gasteiger partial charge is 0.133 e. The Bertz CT molecular complexity index is 575. The van der Waals surface area contributed by atoms with Crippen LogP contribution >= 0.6 is 0 Å². The Hall–Kier alpha value is -0.410. The van der Waals surface area contributed by atoms with Crippen LogP contribution in [0.15, 0.2) is 0 Å². The van der Waals surface area contributed by atoms with Gasteiger partial charge >= 0.3 is 0 Å². The lowest BCUT2D eigenvalue weighted by atomic mass is 9.43. The van der Waals surface area contributed by atoms with Crippen molar-refractivity contribution < 1.29 is 9.90 Å². The van der Waals surface area contributed by atoms with Gasteiger partial charge in [-0.05, 0) is 107 Å². The molecule has 0 spiro atoms. The standard InChI is InChI=1S/C23H39NO2/c1-14(25)18-8-9-19-17-7-6-15-12-16(26)10-11-22(15,2)21(17)20(24(4)5)13-23(18,19)3/h15-21,26H,6-13H2,1-5H3/t15-,16+,17-,18+,19-,20-,21+,22-,23+/m0/s1. The second kappa shape index (κ2) is 6.30. The van der Waals surface area contributed by atoms with Gasteiger partial charge in [0.1, 0.15) is 5.78 Å². The first-order valence-electron chi connectivity index (χ1n) is 11.0. The molecule has 3 nitrogen and oxygen atoms in total. The van der Waals surface area contributed by atoms with Crippen LogP contribution < -0.4 is 0 Å². The van der Waals surface area contributed by atoms with Crippen LogP contribution in [0.4, 0.5) is 0 Å². The monoisotopic (exact) mass is 361 g/mol. The number of fused-ring (bicyclic) bond motifs is 5. The van der Waals surface area contributed by atoms with Crippen molar-refractivity contribution in [2.24, 2.45) is 40.4 Å². The lowest BCUT2D eigenvalue weighted by Gasteiger charge is -2.64. The van der Waals surface area contributed by atoms with Gasteiger partial charge in [-0.15, -0.1) is 0 Å². The van der Waals surface area contributed by atoms with Crippen molar-refractivity contribution in [1.29, 1.82) is 0 Å². The summed E-state index contributed by atoms with van der Waals surface area (Å²) in [5.41, 5.74) is 0.562. The van der Waals surface area contributed by atoms with E-state index < -0.39 is 0 Å². The summed E-state index contributed by atoms with van der Waals surface area (Å²) in [5.74, 6) is 3.60. The van der Waals surface area contributed by atoms with Crippen molar-refractivity contribution in [1.82, 2.24) is 4.90 Å². The molecule has 3 heteroatoms. The molecule has 0 heterocycles. The first kappa shape index (κ1) is 18.9. The molecule has 0 aromatic carbocycles. The van der Waals surface area contributed by atoms with Crippen molar-refractivity contribution in [3.05, 3.63) is 0 Å². The normalized spacial score (nSPS) is 53.7. The second-order valence-electron chi connectivity index (χ2n) is 11.0. The summed E-state index contributed by atoms with van der Waals surface area (Å²) in [6, 6.07) is 0.573. The van der Waals surface area contributed by atoms with Gasteiger partial charge in [0.05, 0.1) is 6.10 Å². The molecule has 0 saturated heterocycles. The van der Waals surface area contributed by atoms with E-state index in [4.69, 9.17) is 0 Å². The highest BCUT2D eigenvalue weighted by atomic mass is 16.3. The Balaban J connectivity index is 1.73. The highest BCUT2D eigenvalue weighted by Gasteiger charge is 2.63. The number of nitrogens with zero attached hydrogens (tertiary/aromatic N) is 1. The average Bonchev–Trinajstić information content (AvgIpc) is 2.91. The van der Waals surface area contributed by atoms with Crippen LogP contribution in [0.1, 0.15) is 72.1 Å². The number of rotatable bonds is 2. The van der Waals surface area contributed by atoms with E-state index in [-0.39, 0.29) is 17.4 Å². The Morgan fingerprint density at radius 1 is 1.04 bits per heavy atom. The molecule has 26 heavy (non-hydrogen) atoms. The summed E-state index contributed by atoms with van der Waals surface area (Å²) >= 11 is 0. The van der Waals surface area contributed by atoms with Gasteiger partial charge in [0.25, 0.3) is 0 Å². The van der Waals surface area contributed by atoms with E-state index in [0.717, 1.165) is 37.0 Å². The zero-order valence-electron chi connectivity index (χ0n) is 17.5. The maximum Gasteiger partial charge on any atom is 0.133 e. The molecule has 4 aliphatic rings. The molecular weight excluding hydrogens is 322 g/mol. The number of carbonyl (C=O) groups is 1. The van der Waals surface area contributed by atoms with Gasteiger partial charge in [0.2, 0.25) is 0 Å². The fourth-order valence-corrected chi connectivity index (χ4v) is 8.53. The first-order chi connectivity index (χ1) is 12.2. The Kier molecular flexibility index (Phi) is 4.59. The third kappa shape index (κ3) is 2.56. The summed E-state index contributed by atoms with van der Waals surface area (Å²) in [7, 11) is 4.52. The molecule has 4 rings (SSSR count). The van der Waals surface area contributed by atoms with Gasteiger partial charge in [-0.2, -0.15) is 0 Å². The van der Waals surface area contributed by atoms with Crippen molar-refractivity contribution in [3.63, 3.8) is 0 Å². The topological polar surface area (TPSA) is 40.5 Å². The van der Waals surface area contributed by atoms with E-state index in [2.05, 4.69) is 32.8 Å². The second-order valence-corrected chi connectivity index (χ2v) is 11.0. The molecule has 148 valence electrons. The van der Waals surface area contributed by atoms with Crippen LogP contribution in [0, 0.1) is 40.4 Å². The number of hydrogen-bond acceptors (Lipinski definition) is 3. The number of Topliss-reactive ketones (excluding diaryl/α,β-unsaturated/α-hetero) is 1. The summed E-state index contributed by atoms with van der Waals surface area (Å²) in [6.07, 6.45) is 9.24. The zero-order chi connectivity index (χ0) is 18.9. The predicted molar refractivity (Wildman–Crippen MR) is 105 cm³/mol. The average molecular weight is 362 g/mol. The highest BCUT2D eigenvalue weighted by Crippen LogP contribution is 2.68. The third-order valence-electron chi connectivity index (χ3n) is 9.72. The van der Waals surface area contributed by atoms with E-state index in [1.54, 1.807) is 0 Å². The van der Waals surface area contributed by atoms with Gasteiger partial charge in [0, 0.05) is 12.0 Å². The number of ketones is 1. The Morgan fingerprint density at radius 2 is 1.77 bits per heavy atom. The van der Waals surface area contributed by atoms with E-state index in [0.29, 0.717) is 23.2 Å². The number of carbonyl (C=O) groups excluding carboxylic acids is 1. The minimum Gasteiger partial charge on any atom is -0.393 e. The van der Waals surface area contributed by atoms with Gasteiger partial charge < -0.3 is 10.0 Å². The van der Waals surface area contributed by atoms with Crippen molar-refractivity contribution >= 4 is 5.78 Å².